The molecular formula is C11H17NO3. The summed E-state index contributed by atoms with van der Waals surface area (Å²) in [6.45, 7) is 3.74. The second-order valence-electron chi connectivity index (χ2n) is 4.91. The van der Waals surface area contributed by atoms with Gasteiger partial charge in [0.1, 0.15) is 6.04 Å². The standard InChI is InChI=1S/C11H17NO3/c1-7(2)12-8(9(13)14)11(10(12)15)5-3-4-6-11/h7-8H,3-6H2,1-2H3,(H,13,14)/t8-/m0/s1. The van der Waals surface area contributed by atoms with Gasteiger partial charge in [0.2, 0.25) is 5.91 Å². The predicted octanol–water partition coefficient (Wildman–Crippen LogP) is 1.25. The normalized spacial score (nSPS) is 28.6. The lowest BCUT2D eigenvalue weighted by Gasteiger charge is -2.54. The molecule has 0 aromatic heterocycles. The fraction of sp³-hybridized carbons (Fsp3) is 0.818. The summed E-state index contributed by atoms with van der Waals surface area (Å²) in [5.74, 6) is -0.785. The number of carboxylic acid groups (broad SMARTS) is 1. The zero-order valence-electron chi connectivity index (χ0n) is 9.19. The second kappa shape index (κ2) is 3.22. The number of carboxylic acids is 1. The van der Waals surface area contributed by atoms with E-state index >= 15 is 0 Å². The minimum Gasteiger partial charge on any atom is -0.480 e. The molecular weight excluding hydrogens is 194 g/mol. The topological polar surface area (TPSA) is 57.6 Å². The lowest BCUT2D eigenvalue weighted by Crippen LogP contribution is -2.72. The van der Waals surface area contributed by atoms with Crippen molar-refractivity contribution in [3.63, 3.8) is 0 Å². The van der Waals surface area contributed by atoms with Gasteiger partial charge in [0.15, 0.2) is 0 Å². The van der Waals surface area contributed by atoms with Gasteiger partial charge in [-0.3, -0.25) is 4.79 Å². The minimum absolute atomic E-state index is 0.00942. The van der Waals surface area contributed by atoms with Gasteiger partial charge in [-0.15, -0.1) is 0 Å². The van der Waals surface area contributed by atoms with Crippen molar-refractivity contribution < 1.29 is 14.7 Å². The van der Waals surface area contributed by atoms with Crippen LogP contribution < -0.4 is 0 Å². The van der Waals surface area contributed by atoms with Crippen LogP contribution in [0.5, 0.6) is 0 Å². The highest BCUT2D eigenvalue weighted by atomic mass is 16.4. The minimum atomic E-state index is -0.842. The molecule has 4 heteroatoms. The van der Waals surface area contributed by atoms with Gasteiger partial charge in [-0.1, -0.05) is 12.8 Å². The number of likely N-dealkylation sites (tertiary alicyclic amines) is 1. The Morgan fingerprint density at radius 2 is 2.00 bits per heavy atom. The zero-order valence-corrected chi connectivity index (χ0v) is 9.19. The number of rotatable bonds is 2. The number of hydrogen-bond donors (Lipinski definition) is 1. The van der Waals surface area contributed by atoms with Crippen molar-refractivity contribution in [2.75, 3.05) is 0 Å². The molecule has 1 heterocycles. The van der Waals surface area contributed by atoms with Crippen molar-refractivity contribution in [3.8, 4) is 0 Å². The van der Waals surface area contributed by atoms with E-state index in [1.54, 1.807) is 0 Å². The molecule has 2 aliphatic rings. The summed E-state index contributed by atoms with van der Waals surface area (Å²) in [6, 6.07) is -0.586. The number of carbonyl (C=O) groups excluding carboxylic acids is 1. The predicted molar refractivity (Wildman–Crippen MR) is 54.3 cm³/mol. The maximum Gasteiger partial charge on any atom is 0.327 e. The first-order valence-electron chi connectivity index (χ1n) is 5.56. The van der Waals surface area contributed by atoms with E-state index in [0.717, 1.165) is 25.7 Å². The van der Waals surface area contributed by atoms with E-state index < -0.39 is 17.4 Å². The van der Waals surface area contributed by atoms with Gasteiger partial charge in [-0.2, -0.15) is 0 Å². The third-order valence-corrected chi connectivity index (χ3v) is 3.75. The molecule has 1 saturated heterocycles. The van der Waals surface area contributed by atoms with E-state index in [0.29, 0.717) is 0 Å². The van der Waals surface area contributed by atoms with E-state index in [1.807, 2.05) is 13.8 Å². The number of hydrogen-bond acceptors (Lipinski definition) is 2. The number of carbonyl (C=O) groups is 2. The van der Waals surface area contributed by atoms with Crippen molar-refractivity contribution in [2.45, 2.75) is 51.6 Å². The van der Waals surface area contributed by atoms with Crippen LogP contribution in [0, 0.1) is 5.41 Å². The Balaban J connectivity index is 2.28. The summed E-state index contributed by atoms with van der Waals surface area (Å²) in [4.78, 5) is 24.7. The quantitative estimate of drug-likeness (QED) is 0.699. The maximum absolute atomic E-state index is 12.0. The SMILES string of the molecule is CC(C)N1C(=O)C2(CCCC2)[C@@H]1C(=O)O. The van der Waals surface area contributed by atoms with Crippen molar-refractivity contribution in [1.82, 2.24) is 4.90 Å². The summed E-state index contributed by atoms with van der Waals surface area (Å²) < 4.78 is 0. The lowest BCUT2D eigenvalue weighted by atomic mass is 9.68. The smallest absolute Gasteiger partial charge is 0.327 e. The van der Waals surface area contributed by atoms with Crippen molar-refractivity contribution in [2.24, 2.45) is 5.41 Å². The maximum atomic E-state index is 12.0. The molecule has 1 spiro atoms. The van der Waals surface area contributed by atoms with Crippen LogP contribution in [0.2, 0.25) is 0 Å². The zero-order chi connectivity index (χ0) is 11.2. The van der Waals surface area contributed by atoms with Gasteiger partial charge in [-0.25, -0.2) is 4.79 Å². The Morgan fingerprint density at radius 1 is 1.47 bits per heavy atom. The van der Waals surface area contributed by atoms with Crippen molar-refractivity contribution in [1.29, 1.82) is 0 Å². The fourth-order valence-electron chi connectivity index (χ4n) is 3.07. The van der Waals surface area contributed by atoms with Gasteiger partial charge in [-0.05, 0) is 26.7 Å². The number of aliphatic carboxylic acids is 1. The first-order chi connectivity index (χ1) is 7.00. The molecule has 2 fully saturated rings. The Kier molecular flexibility index (Phi) is 2.24. The van der Waals surface area contributed by atoms with Gasteiger partial charge in [0, 0.05) is 6.04 Å². The van der Waals surface area contributed by atoms with Gasteiger partial charge in [0.05, 0.1) is 5.41 Å². The molecule has 1 amide bonds. The largest absolute Gasteiger partial charge is 0.480 e. The van der Waals surface area contributed by atoms with E-state index in [4.69, 9.17) is 0 Å². The monoisotopic (exact) mass is 211 g/mol. The lowest BCUT2D eigenvalue weighted by molar-refractivity contribution is -0.187. The van der Waals surface area contributed by atoms with Gasteiger partial charge >= 0.3 is 5.97 Å². The van der Waals surface area contributed by atoms with E-state index in [-0.39, 0.29) is 11.9 Å². The van der Waals surface area contributed by atoms with E-state index in [9.17, 15) is 14.7 Å². The van der Waals surface area contributed by atoms with Crippen molar-refractivity contribution >= 4 is 11.9 Å². The Morgan fingerprint density at radius 3 is 2.40 bits per heavy atom. The van der Waals surface area contributed by atoms with Crippen LogP contribution in [0.4, 0.5) is 0 Å². The van der Waals surface area contributed by atoms with Crippen LogP contribution in [0.15, 0.2) is 0 Å². The van der Waals surface area contributed by atoms with Gasteiger partial charge in [0.25, 0.3) is 0 Å². The third kappa shape index (κ3) is 1.20. The average Bonchev–Trinajstić information content (AvgIpc) is 2.62. The molecule has 1 atom stereocenters. The Labute approximate surface area is 89.3 Å². The average molecular weight is 211 g/mol. The van der Waals surface area contributed by atoms with E-state index in [2.05, 4.69) is 0 Å². The Bertz CT molecular complexity index is 305. The molecule has 0 radical (unpaired) electrons. The molecule has 84 valence electrons. The summed E-state index contributed by atoms with van der Waals surface area (Å²) in [7, 11) is 0. The highest BCUT2D eigenvalue weighted by molar-refractivity contribution is 6.00. The van der Waals surface area contributed by atoms with Crippen LogP contribution in [0.25, 0.3) is 0 Å². The van der Waals surface area contributed by atoms with Gasteiger partial charge < -0.3 is 10.0 Å². The molecule has 1 saturated carbocycles. The molecule has 2 rings (SSSR count). The number of amides is 1. The summed E-state index contributed by atoms with van der Waals surface area (Å²) in [5, 5.41) is 9.20. The number of β-lactam (4-membered cyclic amide) rings is 1. The van der Waals surface area contributed by atoms with E-state index in [1.165, 1.54) is 4.90 Å². The first kappa shape index (κ1) is 10.5. The molecule has 0 aromatic rings. The molecule has 1 aliphatic carbocycles. The molecule has 0 bridgehead atoms. The summed E-state index contributed by atoms with van der Waals surface area (Å²) >= 11 is 0. The van der Waals surface area contributed by atoms with Crippen LogP contribution in [-0.2, 0) is 9.59 Å². The summed E-state index contributed by atoms with van der Waals surface area (Å²) in [5.41, 5.74) is -0.546. The molecule has 0 unspecified atom stereocenters. The van der Waals surface area contributed by atoms with Crippen LogP contribution >= 0.6 is 0 Å². The molecule has 1 N–H and O–H groups in total. The van der Waals surface area contributed by atoms with Crippen LogP contribution in [0.3, 0.4) is 0 Å². The van der Waals surface area contributed by atoms with Crippen molar-refractivity contribution in [3.05, 3.63) is 0 Å². The second-order valence-corrected chi connectivity index (χ2v) is 4.91. The Hall–Kier alpha value is -1.06. The third-order valence-electron chi connectivity index (χ3n) is 3.75. The van der Waals surface area contributed by atoms with Crippen LogP contribution in [0.1, 0.15) is 39.5 Å². The molecule has 0 aromatic carbocycles. The highest BCUT2D eigenvalue weighted by Gasteiger charge is 2.64. The number of nitrogens with zero attached hydrogens (tertiary/aromatic N) is 1. The highest BCUT2D eigenvalue weighted by Crippen LogP contribution is 2.52. The fourth-order valence-corrected chi connectivity index (χ4v) is 3.07. The van der Waals surface area contributed by atoms with Crippen LogP contribution in [-0.4, -0.2) is 34.0 Å². The first-order valence-corrected chi connectivity index (χ1v) is 5.56. The summed E-state index contributed by atoms with van der Waals surface area (Å²) in [6.07, 6.45) is 3.49. The molecule has 1 aliphatic heterocycles. The molecule has 4 nitrogen and oxygen atoms in total. The molecule has 15 heavy (non-hydrogen) atoms.